The van der Waals surface area contributed by atoms with Gasteiger partial charge in [-0.15, -0.1) is 11.3 Å². The lowest BCUT2D eigenvalue weighted by Crippen LogP contribution is -2.42. The van der Waals surface area contributed by atoms with Gasteiger partial charge in [-0.25, -0.2) is 4.99 Å². The summed E-state index contributed by atoms with van der Waals surface area (Å²) < 4.78 is 45.4. The molecule has 3 aromatic rings. The van der Waals surface area contributed by atoms with Crippen LogP contribution < -0.4 is 10.6 Å². The van der Waals surface area contributed by atoms with Gasteiger partial charge in [0.1, 0.15) is 10.3 Å². The highest BCUT2D eigenvalue weighted by Crippen LogP contribution is 2.37. The van der Waals surface area contributed by atoms with Gasteiger partial charge in [0.25, 0.3) is 5.91 Å². The number of ether oxygens (including phenoxy) is 1. The summed E-state index contributed by atoms with van der Waals surface area (Å²) in [4.78, 5) is 33.3. The van der Waals surface area contributed by atoms with Gasteiger partial charge >= 0.3 is 6.18 Å². The molecule has 0 aliphatic carbocycles. The molecule has 2 heterocycles. The van der Waals surface area contributed by atoms with E-state index in [0.29, 0.717) is 23.6 Å². The number of carbonyl (C=O) groups is 2. The largest absolute Gasteiger partial charge is 0.418 e. The van der Waals surface area contributed by atoms with Crippen LogP contribution in [-0.4, -0.2) is 36.2 Å². The van der Waals surface area contributed by atoms with Gasteiger partial charge < -0.3 is 15.4 Å². The third-order valence-corrected chi connectivity index (χ3v) is 6.55. The molecule has 1 unspecified atom stereocenters. The van der Waals surface area contributed by atoms with Crippen LogP contribution in [0.15, 0.2) is 59.2 Å². The van der Waals surface area contributed by atoms with Gasteiger partial charge in [0.2, 0.25) is 5.91 Å². The lowest BCUT2D eigenvalue weighted by Gasteiger charge is -2.21. The first-order valence-corrected chi connectivity index (χ1v) is 12.0. The van der Waals surface area contributed by atoms with E-state index in [4.69, 9.17) is 16.3 Å². The fourth-order valence-corrected chi connectivity index (χ4v) is 4.25. The number of hydrogen-bond acceptors (Lipinski definition) is 6. The summed E-state index contributed by atoms with van der Waals surface area (Å²) in [5, 5.41) is 5.57. The van der Waals surface area contributed by atoms with Crippen LogP contribution in [0.1, 0.15) is 27.2 Å². The summed E-state index contributed by atoms with van der Waals surface area (Å²) in [5.41, 5.74) is 0.633. The predicted octanol–water partition coefficient (Wildman–Crippen LogP) is 5.49. The van der Waals surface area contributed by atoms with Crippen molar-refractivity contribution in [2.45, 2.75) is 19.1 Å². The SMILES string of the molecule is O=C(N=CC1(C(=O)NCc2ccc(Nc3ccc(Cl)cc3C(F)(F)F)cc2)CCOC1)c1cncs1. The normalized spacial score (nSPS) is 17.9. The molecule has 2 N–H and O–H groups in total. The van der Waals surface area contributed by atoms with Crippen molar-refractivity contribution in [1.29, 1.82) is 0 Å². The highest BCUT2D eigenvalue weighted by atomic mass is 35.5. The standard InChI is InChI=1S/C24H20ClF3N4O3S/c25-16-3-6-19(18(9-16)24(26,27)28)32-17-4-1-15(2-5-17)10-30-22(34)23(7-8-35-13-23)12-31-21(33)20-11-29-14-36-20/h1-6,9,11-12,14,32H,7-8,10,13H2,(H,30,34). The number of nitrogens with zero attached hydrogens (tertiary/aromatic N) is 2. The molecule has 7 nitrogen and oxygen atoms in total. The topological polar surface area (TPSA) is 92.7 Å². The monoisotopic (exact) mass is 536 g/mol. The molecule has 188 valence electrons. The lowest BCUT2D eigenvalue weighted by molar-refractivity contribution is -0.137. The summed E-state index contributed by atoms with van der Waals surface area (Å²) in [7, 11) is 0. The first-order valence-electron chi connectivity index (χ1n) is 10.7. The Morgan fingerprint density at radius 3 is 2.64 bits per heavy atom. The molecule has 1 aliphatic heterocycles. The molecule has 0 saturated carbocycles. The molecule has 0 spiro atoms. The maximum atomic E-state index is 13.3. The van der Waals surface area contributed by atoms with E-state index in [1.807, 2.05) is 0 Å². The second kappa shape index (κ2) is 10.8. The molecule has 2 aromatic carbocycles. The number of amides is 2. The molecule has 1 fully saturated rings. The zero-order valence-electron chi connectivity index (χ0n) is 18.6. The van der Waals surface area contributed by atoms with Gasteiger partial charge in [-0.2, -0.15) is 13.2 Å². The highest BCUT2D eigenvalue weighted by Gasteiger charge is 2.41. The van der Waals surface area contributed by atoms with Gasteiger partial charge in [-0.3, -0.25) is 14.6 Å². The van der Waals surface area contributed by atoms with Crippen molar-refractivity contribution in [3.8, 4) is 0 Å². The van der Waals surface area contributed by atoms with E-state index >= 15 is 0 Å². The van der Waals surface area contributed by atoms with E-state index in [2.05, 4.69) is 20.6 Å². The minimum absolute atomic E-state index is 0.0117. The number of thiazole rings is 1. The van der Waals surface area contributed by atoms with Crippen LogP contribution in [0, 0.1) is 5.41 Å². The van der Waals surface area contributed by atoms with Crippen molar-refractivity contribution in [3.63, 3.8) is 0 Å². The first kappa shape index (κ1) is 25.8. The molecule has 1 aliphatic rings. The molecular weight excluding hydrogens is 517 g/mol. The first-order chi connectivity index (χ1) is 17.2. The number of halogens is 4. The van der Waals surface area contributed by atoms with Crippen molar-refractivity contribution < 1.29 is 27.5 Å². The van der Waals surface area contributed by atoms with Crippen LogP contribution in [0.5, 0.6) is 0 Å². The maximum Gasteiger partial charge on any atom is 0.418 e. The van der Waals surface area contributed by atoms with E-state index in [-0.39, 0.29) is 29.8 Å². The third-order valence-electron chi connectivity index (χ3n) is 5.55. The number of aromatic nitrogens is 1. The fraction of sp³-hybridized carbons (Fsp3) is 0.250. The van der Waals surface area contributed by atoms with Crippen LogP contribution in [0.4, 0.5) is 24.5 Å². The van der Waals surface area contributed by atoms with E-state index < -0.39 is 23.1 Å². The number of aliphatic imine (C=N–C) groups is 1. The zero-order valence-corrected chi connectivity index (χ0v) is 20.2. The number of carbonyl (C=O) groups excluding carboxylic acids is 2. The number of anilines is 2. The zero-order chi connectivity index (χ0) is 25.8. The summed E-state index contributed by atoms with van der Waals surface area (Å²) in [6.45, 7) is 0.634. The number of benzene rings is 2. The van der Waals surface area contributed by atoms with Crippen LogP contribution in [0.25, 0.3) is 0 Å². The Bertz CT molecular complexity index is 1260. The summed E-state index contributed by atoms with van der Waals surface area (Å²) in [6.07, 6.45) is -1.43. The molecule has 0 bridgehead atoms. The maximum absolute atomic E-state index is 13.3. The Morgan fingerprint density at radius 2 is 2.00 bits per heavy atom. The molecular formula is C24H20ClF3N4O3S. The second-order valence-electron chi connectivity index (χ2n) is 8.08. The minimum atomic E-state index is -4.56. The molecule has 4 rings (SSSR count). The number of nitrogens with one attached hydrogen (secondary N) is 2. The highest BCUT2D eigenvalue weighted by molar-refractivity contribution is 7.11. The third kappa shape index (κ3) is 6.10. The van der Waals surface area contributed by atoms with Crippen molar-refractivity contribution >= 4 is 52.3 Å². The minimum Gasteiger partial charge on any atom is -0.380 e. The number of alkyl halides is 3. The molecule has 1 saturated heterocycles. The van der Waals surface area contributed by atoms with Gasteiger partial charge in [0.15, 0.2) is 0 Å². The summed E-state index contributed by atoms with van der Waals surface area (Å²) in [6, 6.07) is 10.1. The van der Waals surface area contributed by atoms with E-state index in [1.165, 1.54) is 30.1 Å². The average molecular weight is 537 g/mol. The molecule has 12 heteroatoms. The van der Waals surface area contributed by atoms with Gasteiger partial charge in [-0.05, 0) is 42.3 Å². The van der Waals surface area contributed by atoms with Gasteiger partial charge in [0, 0.05) is 30.1 Å². The Hall–Kier alpha value is -3.28. The van der Waals surface area contributed by atoms with E-state index in [9.17, 15) is 22.8 Å². The van der Waals surface area contributed by atoms with E-state index in [1.54, 1.807) is 24.3 Å². The Labute approximate surface area is 213 Å². The smallest absolute Gasteiger partial charge is 0.380 e. The fourth-order valence-electron chi connectivity index (χ4n) is 3.57. The van der Waals surface area contributed by atoms with Crippen LogP contribution in [0.2, 0.25) is 5.02 Å². The Kier molecular flexibility index (Phi) is 7.72. The lowest BCUT2D eigenvalue weighted by atomic mass is 9.87. The van der Waals surface area contributed by atoms with Crippen molar-refractivity contribution in [1.82, 2.24) is 10.3 Å². The van der Waals surface area contributed by atoms with Crippen LogP contribution in [-0.2, 0) is 22.3 Å². The molecule has 2 amide bonds. The predicted molar refractivity (Wildman–Crippen MR) is 131 cm³/mol. The molecule has 0 radical (unpaired) electrons. The molecule has 36 heavy (non-hydrogen) atoms. The molecule has 1 atom stereocenters. The quantitative estimate of drug-likeness (QED) is 0.389. The van der Waals surface area contributed by atoms with E-state index in [0.717, 1.165) is 23.0 Å². The van der Waals surface area contributed by atoms with Crippen LogP contribution >= 0.6 is 22.9 Å². The Balaban J connectivity index is 1.39. The van der Waals surface area contributed by atoms with Crippen LogP contribution in [0.3, 0.4) is 0 Å². The van der Waals surface area contributed by atoms with Crippen molar-refractivity contribution in [2.75, 3.05) is 18.5 Å². The Morgan fingerprint density at radius 1 is 1.22 bits per heavy atom. The number of rotatable bonds is 7. The van der Waals surface area contributed by atoms with Crippen molar-refractivity contribution in [3.05, 3.63) is 75.2 Å². The second-order valence-corrected chi connectivity index (χ2v) is 9.40. The van der Waals surface area contributed by atoms with Crippen molar-refractivity contribution in [2.24, 2.45) is 10.4 Å². The summed E-state index contributed by atoms with van der Waals surface area (Å²) in [5.74, 6) is -0.812. The molecule has 1 aromatic heterocycles. The van der Waals surface area contributed by atoms with Gasteiger partial charge in [-0.1, -0.05) is 23.7 Å². The summed E-state index contributed by atoms with van der Waals surface area (Å²) >= 11 is 6.88. The number of hydrogen-bond donors (Lipinski definition) is 2. The average Bonchev–Trinajstić information content (AvgIpc) is 3.56. The van der Waals surface area contributed by atoms with Gasteiger partial charge in [0.05, 0.1) is 29.6 Å².